The Bertz CT molecular complexity index is 457. The molecule has 1 atom stereocenters. The summed E-state index contributed by atoms with van der Waals surface area (Å²) in [5, 5.41) is 11.6. The van der Waals surface area contributed by atoms with Crippen LogP contribution >= 0.6 is 15.9 Å². The van der Waals surface area contributed by atoms with Gasteiger partial charge in [-0.05, 0) is 41.5 Å². The molecule has 0 saturated heterocycles. The molecule has 1 amide bonds. The number of nitrogens with one attached hydrogen (secondary N) is 1. The average Bonchev–Trinajstić information content (AvgIpc) is 2.22. The van der Waals surface area contributed by atoms with Crippen LogP contribution in [0.4, 0.5) is 4.79 Å². The van der Waals surface area contributed by atoms with Gasteiger partial charge in [-0.25, -0.2) is 4.79 Å². The molecule has 0 radical (unpaired) electrons. The van der Waals surface area contributed by atoms with Crippen LogP contribution in [0.1, 0.15) is 37.4 Å². The zero-order valence-corrected chi connectivity index (χ0v) is 11.5. The van der Waals surface area contributed by atoms with Crippen LogP contribution in [-0.4, -0.2) is 11.2 Å². The van der Waals surface area contributed by atoms with Crippen molar-refractivity contribution in [1.82, 2.24) is 5.32 Å². The molecule has 0 heterocycles. The highest BCUT2D eigenvalue weighted by molar-refractivity contribution is 9.10. The van der Waals surface area contributed by atoms with Crippen LogP contribution in [-0.2, 0) is 6.42 Å². The van der Waals surface area contributed by atoms with E-state index in [1.807, 2.05) is 12.1 Å². The number of aryl methyl sites for hydroxylation is 1. The van der Waals surface area contributed by atoms with Gasteiger partial charge in [0.2, 0.25) is 0 Å². The fourth-order valence-electron chi connectivity index (χ4n) is 2.49. The topological polar surface area (TPSA) is 49.3 Å². The molecule has 1 unspecified atom stereocenters. The van der Waals surface area contributed by atoms with Crippen LogP contribution in [0, 0.1) is 5.41 Å². The molecule has 17 heavy (non-hydrogen) atoms. The number of amides is 1. The first-order valence-corrected chi connectivity index (χ1v) is 6.47. The van der Waals surface area contributed by atoms with E-state index in [1.54, 1.807) is 0 Å². The van der Waals surface area contributed by atoms with Crippen LogP contribution < -0.4 is 5.32 Å². The van der Waals surface area contributed by atoms with Gasteiger partial charge in [-0.3, -0.25) is 0 Å². The Labute approximate surface area is 109 Å². The van der Waals surface area contributed by atoms with Gasteiger partial charge in [0.25, 0.3) is 0 Å². The third kappa shape index (κ3) is 2.46. The summed E-state index contributed by atoms with van der Waals surface area (Å²) in [4.78, 5) is 10.9. The molecule has 1 aliphatic rings. The highest BCUT2D eigenvalue weighted by atomic mass is 79.9. The zero-order chi connectivity index (χ0) is 12.6. The lowest BCUT2D eigenvalue weighted by atomic mass is 9.70. The Hall–Kier alpha value is -1.03. The van der Waals surface area contributed by atoms with Crippen LogP contribution in [0.15, 0.2) is 22.7 Å². The van der Waals surface area contributed by atoms with E-state index >= 15 is 0 Å². The highest BCUT2D eigenvalue weighted by Crippen LogP contribution is 2.43. The van der Waals surface area contributed by atoms with Crippen molar-refractivity contribution in [1.29, 1.82) is 0 Å². The Balaban J connectivity index is 2.43. The van der Waals surface area contributed by atoms with Crippen LogP contribution in [0.2, 0.25) is 0 Å². The van der Waals surface area contributed by atoms with Crippen LogP contribution in [0.25, 0.3) is 0 Å². The second-order valence-electron chi connectivity index (χ2n) is 5.21. The molecule has 1 aliphatic carbocycles. The first kappa shape index (κ1) is 12.4. The van der Waals surface area contributed by atoms with Gasteiger partial charge in [-0.1, -0.05) is 35.8 Å². The van der Waals surface area contributed by atoms with Gasteiger partial charge in [0.05, 0.1) is 6.04 Å². The second-order valence-corrected chi connectivity index (χ2v) is 6.13. The van der Waals surface area contributed by atoms with Gasteiger partial charge in [-0.15, -0.1) is 0 Å². The molecule has 0 aliphatic heterocycles. The summed E-state index contributed by atoms with van der Waals surface area (Å²) in [5.74, 6) is 0. The van der Waals surface area contributed by atoms with Crippen molar-refractivity contribution >= 4 is 22.0 Å². The summed E-state index contributed by atoms with van der Waals surface area (Å²) >= 11 is 3.45. The maximum absolute atomic E-state index is 10.9. The fourth-order valence-corrected chi connectivity index (χ4v) is 2.90. The second kappa shape index (κ2) is 4.33. The van der Waals surface area contributed by atoms with Crippen LogP contribution in [0.5, 0.6) is 0 Å². The summed E-state index contributed by atoms with van der Waals surface area (Å²) in [6.45, 7) is 4.22. The van der Waals surface area contributed by atoms with Crippen molar-refractivity contribution in [3.05, 3.63) is 33.8 Å². The van der Waals surface area contributed by atoms with E-state index in [2.05, 4.69) is 41.2 Å². The molecule has 3 nitrogen and oxygen atoms in total. The molecule has 2 N–H and O–H groups in total. The molecule has 0 bridgehead atoms. The molecule has 0 spiro atoms. The van der Waals surface area contributed by atoms with E-state index in [-0.39, 0.29) is 11.5 Å². The zero-order valence-electron chi connectivity index (χ0n) is 9.96. The van der Waals surface area contributed by atoms with Gasteiger partial charge in [0, 0.05) is 4.47 Å². The van der Waals surface area contributed by atoms with E-state index in [0.717, 1.165) is 22.9 Å². The van der Waals surface area contributed by atoms with E-state index in [1.165, 1.54) is 5.56 Å². The summed E-state index contributed by atoms with van der Waals surface area (Å²) in [6, 6.07) is 5.94. The standard InChI is InChI=1S/C13H16BrNO2/c1-13(2)6-5-8-7-9(14)3-4-10(8)11(13)15-12(16)17/h3-4,7,11,15H,5-6H2,1-2H3,(H,16,17). The smallest absolute Gasteiger partial charge is 0.405 e. The third-order valence-corrected chi connectivity index (χ3v) is 4.00. The monoisotopic (exact) mass is 297 g/mol. The number of hydrogen-bond donors (Lipinski definition) is 2. The molecule has 1 aromatic carbocycles. The van der Waals surface area contributed by atoms with Gasteiger partial charge < -0.3 is 10.4 Å². The maximum Gasteiger partial charge on any atom is 0.405 e. The lowest BCUT2D eigenvalue weighted by Gasteiger charge is -2.39. The molecule has 0 saturated carbocycles. The highest BCUT2D eigenvalue weighted by Gasteiger charge is 2.36. The maximum atomic E-state index is 10.9. The van der Waals surface area contributed by atoms with Gasteiger partial charge in [0.1, 0.15) is 0 Å². The van der Waals surface area contributed by atoms with Crippen molar-refractivity contribution < 1.29 is 9.90 Å². The lowest BCUT2D eigenvalue weighted by Crippen LogP contribution is -2.40. The molecule has 0 fully saturated rings. The predicted octanol–water partition coefficient (Wildman–Crippen LogP) is 3.73. The normalized spacial score (nSPS) is 21.7. The van der Waals surface area contributed by atoms with Crippen molar-refractivity contribution in [3.63, 3.8) is 0 Å². The molecule has 92 valence electrons. The van der Waals surface area contributed by atoms with Crippen molar-refractivity contribution in [2.75, 3.05) is 0 Å². The van der Waals surface area contributed by atoms with Crippen molar-refractivity contribution in [2.45, 2.75) is 32.7 Å². The minimum absolute atomic E-state index is 0.0424. The van der Waals surface area contributed by atoms with Crippen molar-refractivity contribution in [2.24, 2.45) is 5.41 Å². The Kier molecular flexibility index (Phi) is 3.17. The summed E-state index contributed by atoms with van der Waals surface area (Å²) in [5.41, 5.74) is 2.29. The van der Waals surface area contributed by atoms with E-state index in [0.29, 0.717) is 0 Å². The number of carbonyl (C=O) groups is 1. The number of rotatable bonds is 1. The Morgan fingerprint density at radius 2 is 2.24 bits per heavy atom. The number of fused-ring (bicyclic) bond motifs is 1. The average molecular weight is 298 g/mol. The first-order chi connectivity index (χ1) is 7.90. The lowest BCUT2D eigenvalue weighted by molar-refractivity contribution is 0.161. The molecule has 2 rings (SSSR count). The predicted molar refractivity (Wildman–Crippen MR) is 70.1 cm³/mol. The van der Waals surface area contributed by atoms with E-state index in [4.69, 9.17) is 5.11 Å². The Morgan fingerprint density at radius 3 is 2.88 bits per heavy atom. The minimum atomic E-state index is -0.959. The van der Waals surface area contributed by atoms with Gasteiger partial charge in [0.15, 0.2) is 0 Å². The molecule has 1 aromatic rings. The molecular formula is C13H16BrNO2. The van der Waals surface area contributed by atoms with Crippen molar-refractivity contribution in [3.8, 4) is 0 Å². The molecular weight excluding hydrogens is 282 g/mol. The summed E-state index contributed by atoms with van der Waals surface area (Å²) in [7, 11) is 0. The molecule has 4 heteroatoms. The number of carboxylic acid groups (broad SMARTS) is 1. The number of hydrogen-bond acceptors (Lipinski definition) is 1. The number of benzene rings is 1. The SMILES string of the molecule is CC1(C)CCc2cc(Br)ccc2C1NC(=O)O. The van der Waals surface area contributed by atoms with E-state index < -0.39 is 6.09 Å². The minimum Gasteiger partial charge on any atom is -0.465 e. The fraction of sp³-hybridized carbons (Fsp3) is 0.462. The van der Waals surface area contributed by atoms with Gasteiger partial charge in [-0.2, -0.15) is 0 Å². The summed E-state index contributed by atoms with van der Waals surface area (Å²) in [6.07, 6.45) is 1.03. The third-order valence-electron chi connectivity index (χ3n) is 3.50. The molecule has 0 aromatic heterocycles. The summed E-state index contributed by atoms with van der Waals surface area (Å²) < 4.78 is 1.05. The Morgan fingerprint density at radius 1 is 1.53 bits per heavy atom. The van der Waals surface area contributed by atoms with Gasteiger partial charge >= 0.3 is 6.09 Å². The largest absolute Gasteiger partial charge is 0.465 e. The number of halogens is 1. The van der Waals surface area contributed by atoms with E-state index in [9.17, 15) is 4.79 Å². The first-order valence-electron chi connectivity index (χ1n) is 5.68. The quantitative estimate of drug-likeness (QED) is 0.830. The van der Waals surface area contributed by atoms with Crippen LogP contribution in [0.3, 0.4) is 0 Å².